The van der Waals surface area contributed by atoms with Crippen molar-refractivity contribution >= 4 is 11.6 Å². The zero-order chi connectivity index (χ0) is 13.0. The second-order valence-electron chi connectivity index (χ2n) is 4.09. The molecular formula is C13H13ClN2O2. The molecule has 0 aliphatic carbocycles. The number of rotatable bonds is 4. The second-order valence-corrected chi connectivity index (χ2v) is 4.53. The predicted molar refractivity (Wildman–Crippen MR) is 71.2 cm³/mol. The van der Waals surface area contributed by atoms with Crippen LogP contribution in [0.3, 0.4) is 0 Å². The van der Waals surface area contributed by atoms with E-state index in [1.54, 1.807) is 0 Å². The number of halogens is 1. The van der Waals surface area contributed by atoms with E-state index in [-0.39, 0.29) is 0 Å². The largest absolute Gasteiger partial charge is 0.310 e. The lowest BCUT2D eigenvalue weighted by atomic mass is 10.1. The van der Waals surface area contributed by atoms with E-state index in [9.17, 15) is 9.59 Å². The molecule has 0 radical (unpaired) electrons. The number of hydrogen-bond acceptors (Lipinski definition) is 2. The van der Waals surface area contributed by atoms with E-state index in [2.05, 4.69) is 10.2 Å². The Morgan fingerprint density at radius 2 is 1.72 bits per heavy atom. The summed E-state index contributed by atoms with van der Waals surface area (Å²) in [4.78, 5) is 22.0. The molecule has 0 saturated carbocycles. The second kappa shape index (κ2) is 5.69. The van der Waals surface area contributed by atoms with Crippen LogP contribution >= 0.6 is 11.6 Å². The zero-order valence-corrected chi connectivity index (χ0v) is 10.5. The van der Waals surface area contributed by atoms with E-state index >= 15 is 0 Å². The first-order valence-corrected chi connectivity index (χ1v) is 6.08. The molecule has 0 amide bonds. The Labute approximate surface area is 109 Å². The molecule has 0 spiro atoms. The molecule has 0 aliphatic rings. The van der Waals surface area contributed by atoms with Crippen LogP contribution in [0.25, 0.3) is 0 Å². The van der Waals surface area contributed by atoms with Gasteiger partial charge in [0.1, 0.15) is 0 Å². The summed E-state index contributed by atoms with van der Waals surface area (Å²) < 4.78 is 0. The van der Waals surface area contributed by atoms with Crippen LogP contribution < -0.4 is 11.0 Å². The van der Waals surface area contributed by atoms with Crippen molar-refractivity contribution in [2.24, 2.45) is 0 Å². The maximum absolute atomic E-state index is 11.1. The molecule has 2 N–H and O–H groups in total. The highest BCUT2D eigenvalue weighted by Gasteiger charge is 1.99. The molecule has 2 rings (SSSR count). The number of aryl methyl sites for hydroxylation is 2. The normalized spacial score (nSPS) is 10.5. The summed E-state index contributed by atoms with van der Waals surface area (Å²) in [6.07, 6.45) is 2.51. The first-order valence-electron chi connectivity index (χ1n) is 5.70. The summed E-state index contributed by atoms with van der Waals surface area (Å²) in [5, 5.41) is 5.75. The summed E-state index contributed by atoms with van der Waals surface area (Å²) in [6.45, 7) is 0. The average molecular weight is 265 g/mol. The quantitative estimate of drug-likeness (QED) is 0.829. The Morgan fingerprint density at radius 3 is 2.39 bits per heavy atom. The minimum atomic E-state index is -0.614. The van der Waals surface area contributed by atoms with Crippen LogP contribution in [0, 0.1) is 0 Å². The van der Waals surface area contributed by atoms with Crippen LogP contribution in [-0.2, 0) is 12.8 Å². The van der Waals surface area contributed by atoms with Crippen LogP contribution in [0.4, 0.5) is 0 Å². The third-order valence-electron chi connectivity index (χ3n) is 2.69. The highest BCUT2D eigenvalue weighted by Crippen LogP contribution is 2.11. The lowest BCUT2D eigenvalue weighted by Gasteiger charge is -2.02. The van der Waals surface area contributed by atoms with Crippen LogP contribution in [-0.4, -0.2) is 10.2 Å². The van der Waals surface area contributed by atoms with Crippen molar-refractivity contribution in [1.29, 1.82) is 0 Å². The van der Waals surface area contributed by atoms with E-state index in [0.29, 0.717) is 6.42 Å². The van der Waals surface area contributed by atoms with Crippen molar-refractivity contribution in [3.8, 4) is 0 Å². The minimum absolute atomic E-state index is 0.504. The van der Waals surface area contributed by atoms with Gasteiger partial charge in [0.15, 0.2) is 0 Å². The van der Waals surface area contributed by atoms with Gasteiger partial charge in [-0.15, -0.1) is 0 Å². The van der Waals surface area contributed by atoms with E-state index in [4.69, 9.17) is 11.6 Å². The lowest BCUT2D eigenvalue weighted by molar-refractivity contribution is 0.769. The highest BCUT2D eigenvalue weighted by molar-refractivity contribution is 6.30. The fourth-order valence-corrected chi connectivity index (χ4v) is 1.85. The van der Waals surface area contributed by atoms with E-state index in [0.717, 1.165) is 23.6 Å². The van der Waals surface area contributed by atoms with Gasteiger partial charge in [0.05, 0.1) is 0 Å². The molecule has 0 atom stereocenters. The van der Waals surface area contributed by atoms with Gasteiger partial charge in [0.25, 0.3) is 0 Å². The zero-order valence-electron chi connectivity index (χ0n) is 9.70. The Bertz CT molecular complexity index is 628. The van der Waals surface area contributed by atoms with E-state index in [1.807, 2.05) is 24.3 Å². The Balaban J connectivity index is 1.92. The van der Waals surface area contributed by atoms with Gasteiger partial charge in [-0.1, -0.05) is 23.7 Å². The van der Waals surface area contributed by atoms with Gasteiger partial charge in [-0.3, -0.25) is 14.7 Å². The Hall–Kier alpha value is -1.81. The summed E-state index contributed by atoms with van der Waals surface area (Å²) in [5.74, 6) is 0. The van der Waals surface area contributed by atoms with Gasteiger partial charge < -0.3 is 5.10 Å². The van der Waals surface area contributed by atoms with Crippen LogP contribution in [0.1, 0.15) is 17.7 Å². The van der Waals surface area contributed by atoms with Gasteiger partial charge in [-0.05, 0) is 37.0 Å². The predicted octanol–water partition coefficient (Wildman–Crippen LogP) is 1.89. The third kappa shape index (κ3) is 3.34. The van der Waals surface area contributed by atoms with Crippen molar-refractivity contribution in [3.05, 3.63) is 67.2 Å². The fourth-order valence-electron chi connectivity index (χ4n) is 1.73. The third-order valence-corrected chi connectivity index (χ3v) is 2.94. The van der Waals surface area contributed by atoms with Gasteiger partial charge in [-0.2, -0.15) is 0 Å². The smallest absolute Gasteiger partial charge is 0.302 e. The van der Waals surface area contributed by atoms with Crippen molar-refractivity contribution in [3.63, 3.8) is 0 Å². The Morgan fingerprint density at radius 1 is 1.00 bits per heavy atom. The summed E-state index contributed by atoms with van der Waals surface area (Å²) in [7, 11) is 0. The molecule has 1 aromatic heterocycles. The van der Waals surface area contributed by atoms with Gasteiger partial charge in [-0.25, -0.2) is 0 Å². The molecule has 0 unspecified atom stereocenters. The Kier molecular flexibility index (Phi) is 3.99. The maximum Gasteiger partial charge on any atom is 0.310 e. The number of H-pyrrole nitrogens is 2. The van der Waals surface area contributed by atoms with Crippen LogP contribution in [0.2, 0.25) is 5.02 Å². The average Bonchev–Trinajstić information content (AvgIpc) is 2.36. The van der Waals surface area contributed by atoms with Gasteiger partial charge >= 0.3 is 5.56 Å². The summed E-state index contributed by atoms with van der Waals surface area (Å²) >= 11 is 5.80. The molecule has 94 valence electrons. The van der Waals surface area contributed by atoms with Crippen molar-refractivity contribution in [2.45, 2.75) is 19.3 Å². The minimum Gasteiger partial charge on any atom is -0.302 e. The molecule has 5 heteroatoms. The van der Waals surface area contributed by atoms with Crippen LogP contribution in [0.15, 0.2) is 39.9 Å². The summed E-state index contributed by atoms with van der Waals surface area (Å²) in [5.41, 5.74) is 0.825. The topological polar surface area (TPSA) is 65.7 Å². The van der Waals surface area contributed by atoms with Crippen molar-refractivity contribution < 1.29 is 0 Å². The number of nitrogens with one attached hydrogen (secondary N) is 2. The van der Waals surface area contributed by atoms with Crippen LogP contribution in [0.5, 0.6) is 0 Å². The van der Waals surface area contributed by atoms with Gasteiger partial charge in [0.2, 0.25) is 5.43 Å². The monoisotopic (exact) mass is 264 g/mol. The maximum atomic E-state index is 11.1. The summed E-state index contributed by atoms with van der Waals surface area (Å²) in [6, 6.07) is 9.04. The molecule has 2 aromatic rings. The van der Waals surface area contributed by atoms with Crippen molar-refractivity contribution in [2.75, 3.05) is 0 Å². The van der Waals surface area contributed by atoms with E-state index < -0.39 is 11.0 Å². The number of aromatic nitrogens is 2. The molecule has 0 fully saturated rings. The molecule has 1 heterocycles. The molecule has 0 bridgehead atoms. The standard InChI is InChI=1S/C13H13ClN2O2/c14-10-6-4-9(5-7-10)2-1-3-11-8-12(17)13(18)16-15-11/h4-8H,1-3H2,(H,15,17)(H,16,18). The molecule has 0 saturated heterocycles. The fraction of sp³-hybridized carbons (Fsp3) is 0.231. The highest BCUT2D eigenvalue weighted by atomic mass is 35.5. The molecule has 0 aliphatic heterocycles. The molecule has 18 heavy (non-hydrogen) atoms. The molecular weight excluding hydrogens is 252 g/mol. The number of benzene rings is 1. The lowest BCUT2D eigenvalue weighted by Crippen LogP contribution is -2.27. The van der Waals surface area contributed by atoms with E-state index in [1.165, 1.54) is 11.6 Å². The SMILES string of the molecule is O=c1cc(CCCc2ccc(Cl)cc2)[nH][nH]c1=O. The van der Waals surface area contributed by atoms with Gasteiger partial charge in [0, 0.05) is 16.8 Å². The number of hydrogen-bond donors (Lipinski definition) is 2. The first-order chi connectivity index (χ1) is 8.65. The van der Waals surface area contributed by atoms with Crippen molar-refractivity contribution in [1.82, 2.24) is 10.2 Å². The number of aromatic amines is 2. The molecule has 4 nitrogen and oxygen atoms in total. The molecule has 1 aromatic carbocycles. The first kappa shape index (κ1) is 12.6.